The molecule has 110 valence electrons. The van der Waals surface area contributed by atoms with Gasteiger partial charge in [-0.2, -0.15) is 11.8 Å². The first-order valence-corrected chi connectivity index (χ1v) is 9.43. The van der Waals surface area contributed by atoms with Gasteiger partial charge >= 0.3 is 0 Å². The average Bonchev–Trinajstić information content (AvgIpc) is 2.36. The maximum absolute atomic E-state index is 12.4. The third-order valence-electron chi connectivity index (χ3n) is 4.00. The maximum Gasteiger partial charge on any atom is 0.146 e. The van der Waals surface area contributed by atoms with Gasteiger partial charge < -0.3 is 4.74 Å². The summed E-state index contributed by atoms with van der Waals surface area (Å²) in [6.45, 7) is 7.31. The summed E-state index contributed by atoms with van der Waals surface area (Å²) < 4.78 is 6.24. The molecule has 0 radical (unpaired) electrons. The molecule has 2 saturated heterocycles. The molecule has 2 fully saturated rings. The van der Waals surface area contributed by atoms with Crippen molar-refractivity contribution >= 4 is 29.3 Å². The summed E-state index contributed by atoms with van der Waals surface area (Å²) in [6.07, 6.45) is 4.16. The summed E-state index contributed by atoms with van der Waals surface area (Å²) in [5, 5.41) is 0. The Morgan fingerprint density at radius 3 is 2.68 bits per heavy atom. The summed E-state index contributed by atoms with van der Waals surface area (Å²) in [5.41, 5.74) is 0.0379. The van der Waals surface area contributed by atoms with Gasteiger partial charge in [0.15, 0.2) is 0 Å². The van der Waals surface area contributed by atoms with E-state index in [0.29, 0.717) is 11.5 Å². The largest absolute Gasteiger partial charge is 0.375 e. The van der Waals surface area contributed by atoms with Gasteiger partial charge in [0, 0.05) is 17.3 Å². The van der Waals surface area contributed by atoms with Crippen molar-refractivity contribution in [3.63, 3.8) is 0 Å². The van der Waals surface area contributed by atoms with E-state index < -0.39 is 0 Å². The van der Waals surface area contributed by atoms with Gasteiger partial charge in [-0.1, -0.05) is 20.8 Å². The summed E-state index contributed by atoms with van der Waals surface area (Å²) in [4.78, 5) is 12.4. The molecular formula is C15H26O2S2. The predicted octanol–water partition coefficient (Wildman–Crippen LogP) is 3.78. The molecule has 1 atom stereocenters. The quantitative estimate of drug-likeness (QED) is 0.792. The number of Topliss-reactive ketones (excluding diaryl/α,β-unsaturated/α-hetero) is 1. The van der Waals surface area contributed by atoms with Crippen LogP contribution in [0, 0.1) is 5.92 Å². The van der Waals surface area contributed by atoms with Crippen LogP contribution < -0.4 is 0 Å². The monoisotopic (exact) mass is 302 g/mol. The van der Waals surface area contributed by atoms with E-state index in [1.165, 1.54) is 11.5 Å². The van der Waals surface area contributed by atoms with Crippen LogP contribution in [-0.2, 0) is 9.53 Å². The highest BCUT2D eigenvalue weighted by atomic mass is 32.2. The molecule has 0 aliphatic carbocycles. The Bertz CT molecular complexity index is 311. The molecule has 0 aromatic heterocycles. The Morgan fingerprint density at radius 2 is 2.05 bits per heavy atom. The first-order valence-electron chi connectivity index (χ1n) is 7.29. The highest BCUT2D eigenvalue weighted by molar-refractivity contribution is 8.01. The second kappa shape index (κ2) is 6.40. The molecule has 1 spiro atoms. The number of carbonyl (C=O) groups is 1. The van der Waals surface area contributed by atoms with E-state index in [4.69, 9.17) is 4.74 Å². The zero-order valence-corrected chi connectivity index (χ0v) is 14.0. The molecule has 2 aliphatic heterocycles. The zero-order chi connectivity index (χ0) is 13.9. The fraction of sp³-hybridized carbons (Fsp3) is 0.933. The smallest absolute Gasteiger partial charge is 0.146 e. The van der Waals surface area contributed by atoms with Crippen molar-refractivity contribution in [3.8, 4) is 0 Å². The molecule has 4 heteroatoms. The Hall–Kier alpha value is 0.330. The molecule has 0 aromatic rings. The summed E-state index contributed by atoms with van der Waals surface area (Å²) in [6, 6.07) is 0. The van der Waals surface area contributed by atoms with Crippen LogP contribution in [-0.4, -0.2) is 40.0 Å². The summed E-state index contributed by atoms with van der Waals surface area (Å²) in [5.74, 6) is 3.74. The molecular weight excluding hydrogens is 276 g/mol. The van der Waals surface area contributed by atoms with Crippen LogP contribution in [0.3, 0.4) is 0 Å². The zero-order valence-electron chi connectivity index (χ0n) is 12.4. The van der Waals surface area contributed by atoms with E-state index in [1.54, 1.807) is 11.8 Å². The van der Waals surface area contributed by atoms with Gasteiger partial charge in [-0.15, -0.1) is 11.8 Å². The van der Waals surface area contributed by atoms with Gasteiger partial charge in [-0.3, -0.25) is 4.79 Å². The van der Waals surface area contributed by atoms with E-state index in [1.807, 2.05) is 11.8 Å². The van der Waals surface area contributed by atoms with Crippen molar-refractivity contribution in [2.24, 2.45) is 5.92 Å². The number of ether oxygens (including phenoxy) is 1. The Balaban J connectivity index is 1.88. The van der Waals surface area contributed by atoms with Crippen molar-refractivity contribution < 1.29 is 9.53 Å². The number of ketones is 1. The maximum atomic E-state index is 12.4. The highest BCUT2D eigenvalue weighted by Crippen LogP contribution is 2.40. The lowest BCUT2D eigenvalue weighted by molar-refractivity contribution is -0.136. The average molecular weight is 303 g/mol. The van der Waals surface area contributed by atoms with Crippen molar-refractivity contribution in [2.45, 2.75) is 56.8 Å². The topological polar surface area (TPSA) is 26.3 Å². The first-order chi connectivity index (χ1) is 8.90. The SMILES string of the molecule is CC(C)(C)SCC(=O)C1CCOC2(CCSCC2)C1. The second-order valence-corrected chi connectivity index (χ2v) is 9.73. The van der Waals surface area contributed by atoms with E-state index in [-0.39, 0.29) is 16.3 Å². The second-order valence-electron chi connectivity index (χ2n) is 6.70. The molecule has 2 rings (SSSR count). The minimum Gasteiger partial charge on any atom is -0.375 e. The molecule has 0 N–H and O–H groups in total. The third-order valence-corrected chi connectivity index (χ3v) is 6.28. The van der Waals surface area contributed by atoms with Crippen LogP contribution in [0.4, 0.5) is 0 Å². The van der Waals surface area contributed by atoms with Crippen molar-refractivity contribution in [2.75, 3.05) is 23.9 Å². The Morgan fingerprint density at radius 1 is 1.37 bits per heavy atom. The van der Waals surface area contributed by atoms with Gasteiger partial charge in [-0.05, 0) is 37.2 Å². The normalized spacial score (nSPS) is 27.4. The van der Waals surface area contributed by atoms with E-state index in [2.05, 4.69) is 20.8 Å². The predicted molar refractivity (Wildman–Crippen MR) is 85.2 cm³/mol. The number of rotatable bonds is 3. The lowest BCUT2D eigenvalue weighted by Crippen LogP contribution is -2.44. The number of carbonyl (C=O) groups excluding carboxylic acids is 1. The first kappa shape index (κ1) is 15.7. The fourth-order valence-corrected chi connectivity index (χ4v) is 4.85. The van der Waals surface area contributed by atoms with Crippen molar-refractivity contribution in [3.05, 3.63) is 0 Å². The molecule has 1 unspecified atom stereocenters. The van der Waals surface area contributed by atoms with Crippen molar-refractivity contribution in [1.82, 2.24) is 0 Å². The number of thioether (sulfide) groups is 2. The number of hydrogen-bond donors (Lipinski definition) is 0. The van der Waals surface area contributed by atoms with E-state index in [9.17, 15) is 4.79 Å². The molecule has 0 amide bonds. The van der Waals surface area contributed by atoms with Crippen LogP contribution in [0.2, 0.25) is 0 Å². The number of hydrogen-bond acceptors (Lipinski definition) is 4. The third kappa shape index (κ3) is 4.68. The minimum atomic E-state index is 0.0379. The van der Waals surface area contributed by atoms with Crippen LogP contribution in [0.1, 0.15) is 46.5 Å². The van der Waals surface area contributed by atoms with Crippen LogP contribution in [0.5, 0.6) is 0 Å². The van der Waals surface area contributed by atoms with Gasteiger partial charge in [0.2, 0.25) is 0 Å². The summed E-state index contributed by atoms with van der Waals surface area (Å²) in [7, 11) is 0. The van der Waals surface area contributed by atoms with Crippen LogP contribution >= 0.6 is 23.5 Å². The van der Waals surface area contributed by atoms with Gasteiger partial charge in [-0.25, -0.2) is 0 Å². The van der Waals surface area contributed by atoms with Crippen LogP contribution in [0.15, 0.2) is 0 Å². The van der Waals surface area contributed by atoms with Crippen molar-refractivity contribution in [1.29, 1.82) is 0 Å². The minimum absolute atomic E-state index is 0.0379. The molecule has 2 nitrogen and oxygen atoms in total. The van der Waals surface area contributed by atoms with Gasteiger partial charge in [0.25, 0.3) is 0 Å². The Labute approximate surface area is 125 Å². The van der Waals surface area contributed by atoms with E-state index >= 15 is 0 Å². The lowest BCUT2D eigenvalue weighted by Gasteiger charge is -2.43. The fourth-order valence-electron chi connectivity index (χ4n) is 2.80. The summed E-state index contributed by atoms with van der Waals surface area (Å²) >= 11 is 3.79. The Kier molecular flexibility index (Phi) is 5.29. The molecule has 0 saturated carbocycles. The molecule has 2 heterocycles. The molecule has 2 aliphatic rings. The highest BCUT2D eigenvalue weighted by Gasteiger charge is 2.40. The molecule has 0 aromatic carbocycles. The van der Waals surface area contributed by atoms with Crippen LogP contribution in [0.25, 0.3) is 0 Å². The van der Waals surface area contributed by atoms with Gasteiger partial charge in [0.05, 0.1) is 11.4 Å². The standard InChI is InChI=1S/C15H26O2S2/c1-14(2,3)19-11-13(16)12-4-7-17-15(10-12)5-8-18-9-6-15/h12H,4-11H2,1-3H3. The molecule has 19 heavy (non-hydrogen) atoms. The lowest BCUT2D eigenvalue weighted by atomic mass is 9.80. The van der Waals surface area contributed by atoms with Gasteiger partial charge in [0.1, 0.15) is 5.78 Å². The van der Waals surface area contributed by atoms with E-state index in [0.717, 1.165) is 32.3 Å². The molecule has 0 bridgehead atoms.